The van der Waals surface area contributed by atoms with Gasteiger partial charge in [-0.15, -0.1) is 34.2 Å². The lowest BCUT2D eigenvalue weighted by molar-refractivity contribution is -0.122. The number of halogens is 1. The number of guanidine groups is 1. The fourth-order valence-corrected chi connectivity index (χ4v) is 2.70. The quantitative estimate of drug-likeness (QED) is 0.263. The lowest BCUT2D eigenvalue weighted by Crippen LogP contribution is -2.48. The van der Waals surface area contributed by atoms with Gasteiger partial charge in [-0.2, -0.15) is 0 Å². The van der Waals surface area contributed by atoms with Gasteiger partial charge in [0.05, 0.1) is 6.54 Å². The molecular formula is C19H32IN7O. The van der Waals surface area contributed by atoms with Crippen LogP contribution >= 0.6 is 24.0 Å². The van der Waals surface area contributed by atoms with Crippen LogP contribution in [0.25, 0.3) is 5.65 Å². The third-order valence-electron chi connectivity index (χ3n) is 3.80. The zero-order valence-corrected chi connectivity index (χ0v) is 19.7. The largest absolute Gasteiger partial charge is 0.357 e. The first-order valence-electron chi connectivity index (χ1n) is 9.39. The second-order valence-corrected chi connectivity index (χ2v) is 7.54. The molecule has 28 heavy (non-hydrogen) atoms. The minimum Gasteiger partial charge on any atom is -0.357 e. The molecule has 0 saturated carbocycles. The summed E-state index contributed by atoms with van der Waals surface area (Å²) >= 11 is 0. The van der Waals surface area contributed by atoms with Gasteiger partial charge in [-0.3, -0.25) is 14.2 Å². The van der Waals surface area contributed by atoms with Crippen LogP contribution in [0, 0.1) is 0 Å². The van der Waals surface area contributed by atoms with Gasteiger partial charge in [0.1, 0.15) is 5.82 Å². The molecule has 2 heterocycles. The predicted octanol–water partition coefficient (Wildman–Crippen LogP) is 2.09. The van der Waals surface area contributed by atoms with Gasteiger partial charge in [-0.05, 0) is 46.2 Å². The molecule has 0 spiro atoms. The molecule has 0 aliphatic heterocycles. The summed E-state index contributed by atoms with van der Waals surface area (Å²) < 4.78 is 2.00. The molecule has 8 nitrogen and oxygen atoms in total. The Morgan fingerprint density at radius 2 is 2.04 bits per heavy atom. The minimum absolute atomic E-state index is 0. The van der Waals surface area contributed by atoms with E-state index in [1.54, 1.807) is 0 Å². The van der Waals surface area contributed by atoms with Gasteiger partial charge in [0, 0.05) is 38.3 Å². The number of nitrogens with one attached hydrogen (secondary N) is 2. The first-order chi connectivity index (χ1) is 12.8. The fourth-order valence-electron chi connectivity index (χ4n) is 2.70. The number of aromatic nitrogens is 3. The number of amides is 1. The average Bonchev–Trinajstić information content (AvgIpc) is 2.99. The number of rotatable bonds is 7. The Hall–Kier alpha value is -1.91. The van der Waals surface area contributed by atoms with Crippen LogP contribution in [0.15, 0.2) is 29.4 Å². The summed E-state index contributed by atoms with van der Waals surface area (Å²) in [5, 5.41) is 14.6. The molecule has 0 aliphatic rings. The summed E-state index contributed by atoms with van der Waals surface area (Å²) in [5.41, 5.74) is 0.614. The number of hydrogen-bond donors (Lipinski definition) is 2. The first-order valence-corrected chi connectivity index (χ1v) is 9.39. The molecule has 0 atom stereocenters. The van der Waals surface area contributed by atoms with E-state index in [4.69, 9.17) is 0 Å². The van der Waals surface area contributed by atoms with Crippen molar-refractivity contribution >= 4 is 41.5 Å². The molecule has 0 aromatic carbocycles. The van der Waals surface area contributed by atoms with Crippen molar-refractivity contribution < 1.29 is 4.79 Å². The summed E-state index contributed by atoms with van der Waals surface area (Å²) in [6.07, 6.45) is 3.62. The molecule has 0 unspecified atom stereocenters. The third kappa shape index (κ3) is 7.61. The van der Waals surface area contributed by atoms with Crippen molar-refractivity contribution in [2.75, 3.05) is 26.7 Å². The van der Waals surface area contributed by atoms with E-state index in [-0.39, 0.29) is 42.0 Å². The van der Waals surface area contributed by atoms with E-state index < -0.39 is 0 Å². The third-order valence-corrected chi connectivity index (χ3v) is 3.80. The summed E-state index contributed by atoms with van der Waals surface area (Å²) in [5.74, 6) is 1.64. The van der Waals surface area contributed by atoms with E-state index >= 15 is 0 Å². The molecule has 9 heteroatoms. The topological polar surface area (TPSA) is 86.9 Å². The van der Waals surface area contributed by atoms with E-state index in [0.717, 1.165) is 36.8 Å². The van der Waals surface area contributed by atoms with E-state index in [0.29, 0.717) is 6.54 Å². The second-order valence-electron chi connectivity index (χ2n) is 7.54. The summed E-state index contributed by atoms with van der Waals surface area (Å²) in [7, 11) is 1.87. The van der Waals surface area contributed by atoms with Crippen LogP contribution in [0.2, 0.25) is 0 Å². The standard InChI is InChI=1S/C19H31N7O.HI/c1-6-20-18(25(5)14-17(27)22-19(2,3)4)21-12-9-11-16-24-23-15-10-7-8-13-26(15)16;/h7-8,10,13H,6,9,11-12,14H2,1-5H3,(H,20,21)(H,22,27);1H. The monoisotopic (exact) mass is 501 g/mol. The minimum atomic E-state index is -0.242. The van der Waals surface area contributed by atoms with Gasteiger partial charge in [0.25, 0.3) is 0 Å². The number of aliphatic imine (C=N–C) groups is 1. The van der Waals surface area contributed by atoms with Crippen LogP contribution in [-0.2, 0) is 11.2 Å². The van der Waals surface area contributed by atoms with Crippen molar-refractivity contribution in [1.82, 2.24) is 30.1 Å². The molecule has 1 amide bonds. The number of pyridine rings is 1. The van der Waals surface area contributed by atoms with Crippen molar-refractivity contribution in [3.8, 4) is 0 Å². The van der Waals surface area contributed by atoms with E-state index in [9.17, 15) is 4.79 Å². The summed E-state index contributed by atoms with van der Waals surface area (Å²) in [6.45, 7) is 9.59. The van der Waals surface area contributed by atoms with Crippen molar-refractivity contribution in [2.24, 2.45) is 4.99 Å². The average molecular weight is 501 g/mol. The maximum Gasteiger partial charge on any atom is 0.240 e. The molecule has 2 aromatic rings. The Bertz CT molecular complexity index is 782. The Kier molecular flexibility index (Phi) is 9.63. The molecule has 0 bridgehead atoms. The maximum atomic E-state index is 12.1. The Labute approximate surface area is 184 Å². The number of carbonyl (C=O) groups excluding carboxylic acids is 1. The van der Waals surface area contributed by atoms with Crippen LogP contribution < -0.4 is 10.6 Å². The molecule has 0 saturated heterocycles. The van der Waals surface area contributed by atoms with Gasteiger partial charge >= 0.3 is 0 Å². The van der Waals surface area contributed by atoms with E-state index in [1.807, 2.05) is 68.4 Å². The highest BCUT2D eigenvalue weighted by molar-refractivity contribution is 14.0. The molecule has 0 fully saturated rings. The molecule has 156 valence electrons. The van der Waals surface area contributed by atoms with Crippen LogP contribution in [0.4, 0.5) is 0 Å². The molecule has 0 aliphatic carbocycles. The van der Waals surface area contributed by atoms with Crippen molar-refractivity contribution in [2.45, 2.75) is 46.1 Å². The predicted molar refractivity (Wildman–Crippen MR) is 123 cm³/mol. The number of carbonyl (C=O) groups is 1. The molecule has 0 radical (unpaired) electrons. The van der Waals surface area contributed by atoms with Crippen LogP contribution in [-0.4, -0.2) is 63.6 Å². The fraction of sp³-hybridized carbons (Fsp3) is 0.579. The number of fused-ring (bicyclic) bond motifs is 1. The zero-order valence-electron chi connectivity index (χ0n) is 17.4. The van der Waals surface area contributed by atoms with Gasteiger partial charge < -0.3 is 15.5 Å². The van der Waals surface area contributed by atoms with Crippen molar-refractivity contribution in [3.05, 3.63) is 30.2 Å². The van der Waals surface area contributed by atoms with Crippen molar-refractivity contribution in [1.29, 1.82) is 0 Å². The first kappa shape index (κ1) is 24.1. The summed E-state index contributed by atoms with van der Waals surface area (Å²) in [6, 6.07) is 5.86. The number of hydrogen-bond acceptors (Lipinski definition) is 4. The molecule has 2 N–H and O–H groups in total. The molecule has 2 rings (SSSR count). The SMILES string of the molecule is CCNC(=NCCCc1nnc2ccccn12)N(C)CC(=O)NC(C)(C)C.I. The van der Waals surface area contributed by atoms with E-state index in [2.05, 4.69) is 25.8 Å². The number of nitrogens with zero attached hydrogens (tertiary/aromatic N) is 5. The normalized spacial score (nSPS) is 11.8. The second kappa shape index (κ2) is 11.2. The highest BCUT2D eigenvalue weighted by Gasteiger charge is 2.16. The smallest absolute Gasteiger partial charge is 0.240 e. The number of aryl methyl sites for hydroxylation is 1. The highest BCUT2D eigenvalue weighted by atomic mass is 127. The Balaban J connectivity index is 0.00000392. The Morgan fingerprint density at radius 1 is 1.29 bits per heavy atom. The van der Waals surface area contributed by atoms with Gasteiger partial charge in [-0.1, -0.05) is 6.07 Å². The lowest BCUT2D eigenvalue weighted by atomic mass is 10.1. The summed E-state index contributed by atoms with van der Waals surface area (Å²) in [4.78, 5) is 18.6. The van der Waals surface area contributed by atoms with E-state index in [1.165, 1.54) is 0 Å². The zero-order chi connectivity index (χ0) is 19.9. The van der Waals surface area contributed by atoms with Gasteiger partial charge in [0.2, 0.25) is 5.91 Å². The number of likely N-dealkylation sites (N-methyl/N-ethyl adjacent to an activating group) is 1. The molecular weight excluding hydrogens is 469 g/mol. The van der Waals surface area contributed by atoms with Gasteiger partial charge in [-0.25, -0.2) is 0 Å². The van der Waals surface area contributed by atoms with Crippen LogP contribution in [0.3, 0.4) is 0 Å². The van der Waals surface area contributed by atoms with Crippen molar-refractivity contribution in [3.63, 3.8) is 0 Å². The molecule has 2 aromatic heterocycles. The lowest BCUT2D eigenvalue weighted by Gasteiger charge is -2.25. The van der Waals surface area contributed by atoms with Crippen LogP contribution in [0.1, 0.15) is 39.9 Å². The Morgan fingerprint density at radius 3 is 2.71 bits per heavy atom. The van der Waals surface area contributed by atoms with Crippen LogP contribution in [0.5, 0.6) is 0 Å². The highest BCUT2D eigenvalue weighted by Crippen LogP contribution is 2.05. The maximum absolute atomic E-state index is 12.1. The van der Waals surface area contributed by atoms with Gasteiger partial charge in [0.15, 0.2) is 11.6 Å².